The summed E-state index contributed by atoms with van der Waals surface area (Å²) in [5, 5.41) is 11.0. The number of hydrogen-bond acceptors (Lipinski definition) is 8. The first kappa shape index (κ1) is 35.0. The molecule has 13 heteroatoms. The van der Waals surface area contributed by atoms with Gasteiger partial charge in [-0.1, -0.05) is 35.9 Å². The van der Waals surface area contributed by atoms with Crippen LogP contribution in [0.2, 0.25) is 0 Å². The highest BCUT2D eigenvalue weighted by Crippen LogP contribution is 2.57. The number of carbonyl (C=O) groups excluding carboxylic acids is 4. The number of ketones is 2. The molecule has 266 valence electrons. The quantitative estimate of drug-likeness (QED) is 0.114. The first-order valence-corrected chi connectivity index (χ1v) is 16.9. The van der Waals surface area contributed by atoms with Crippen LogP contribution >= 0.6 is 15.9 Å². The van der Waals surface area contributed by atoms with Crippen molar-refractivity contribution in [3.63, 3.8) is 0 Å². The van der Waals surface area contributed by atoms with E-state index in [-0.39, 0.29) is 34.0 Å². The number of anilines is 1. The molecule has 52 heavy (non-hydrogen) atoms. The lowest BCUT2D eigenvalue weighted by Gasteiger charge is -2.42. The summed E-state index contributed by atoms with van der Waals surface area (Å²) in [4.78, 5) is 56.3. The average Bonchev–Trinajstić information content (AvgIpc) is 3.38. The van der Waals surface area contributed by atoms with Crippen LogP contribution in [-0.4, -0.2) is 49.1 Å². The minimum Gasteiger partial charge on any atom is -0.508 e. The van der Waals surface area contributed by atoms with Crippen molar-refractivity contribution < 1.29 is 51.7 Å². The molecule has 1 N–H and O–H groups in total. The molecule has 0 saturated carbocycles. The van der Waals surface area contributed by atoms with Crippen molar-refractivity contribution in [1.82, 2.24) is 0 Å². The van der Waals surface area contributed by atoms with E-state index in [0.717, 1.165) is 40.3 Å². The van der Waals surface area contributed by atoms with Crippen LogP contribution in [0.3, 0.4) is 0 Å². The zero-order chi connectivity index (χ0) is 37.1. The van der Waals surface area contributed by atoms with E-state index in [1.54, 1.807) is 56.7 Å². The molecule has 4 atom stereocenters. The zero-order valence-electron chi connectivity index (χ0n) is 27.6. The molecule has 1 saturated heterocycles. The minimum absolute atomic E-state index is 0.00236. The van der Waals surface area contributed by atoms with Crippen molar-refractivity contribution in [1.29, 1.82) is 0 Å². The smallest absolute Gasteiger partial charge is 0.508 e. The molecule has 4 unspecified atom stereocenters. The van der Waals surface area contributed by atoms with Gasteiger partial charge in [0.1, 0.15) is 23.0 Å². The van der Waals surface area contributed by atoms with E-state index in [4.69, 9.17) is 9.47 Å². The van der Waals surface area contributed by atoms with Crippen molar-refractivity contribution in [2.75, 3.05) is 19.1 Å². The topological polar surface area (TPSA) is 119 Å². The fourth-order valence-corrected chi connectivity index (χ4v) is 8.11. The number of imide groups is 1. The number of allylic oxidation sites excluding steroid dienone is 6. The molecule has 0 aromatic heterocycles. The predicted octanol–water partition coefficient (Wildman–Crippen LogP) is 7.45. The van der Waals surface area contributed by atoms with E-state index in [0.29, 0.717) is 22.8 Å². The molecule has 0 bridgehead atoms. The highest BCUT2D eigenvalue weighted by molar-refractivity contribution is 9.12. The molecule has 0 spiro atoms. The van der Waals surface area contributed by atoms with Gasteiger partial charge in [-0.2, -0.15) is 0 Å². The number of hydrogen-bond donors (Lipinski definition) is 1. The number of aromatic hydroxyl groups is 1. The van der Waals surface area contributed by atoms with Crippen molar-refractivity contribution >= 4 is 57.2 Å². The van der Waals surface area contributed by atoms with Crippen LogP contribution in [0, 0.1) is 17.8 Å². The Morgan fingerprint density at radius 1 is 0.885 bits per heavy atom. The van der Waals surface area contributed by atoms with Gasteiger partial charge < -0.3 is 19.3 Å². The lowest BCUT2D eigenvalue weighted by Crippen LogP contribution is -2.39. The molecule has 3 aromatic rings. The second-order valence-electron chi connectivity index (χ2n) is 12.7. The van der Waals surface area contributed by atoms with Crippen LogP contribution in [0.4, 0.5) is 18.9 Å². The molecule has 0 radical (unpaired) electrons. The van der Waals surface area contributed by atoms with Crippen LogP contribution in [-0.2, 0) is 19.2 Å². The summed E-state index contributed by atoms with van der Waals surface area (Å²) in [6, 6.07) is 15.2. The SMILES string of the molecule is COc1ccc(OC)c(C=Cc2ccc(N3C(=O)C4CC=C5C(c6cc(OC(F)(F)F)ccc6O)C6=C(CC5C4C3=O)C(=O)C(Br)=CC6=O)cc2)c1. The van der Waals surface area contributed by atoms with Crippen LogP contribution in [0.5, 0.6) is 23.0 Å². The predicted molar refractivity (Wildman–Crippen MR) is 187 cm³/mol. The summed E-state index contributed by atoms with van der Waals surface area (Å²) >= 11 is 3.14. The average molecular weight is 777 g/mol. The number of alkyl halides is 3. The maximum Gasteiger partial charge on any atom is 0.573 e. The Kier molecular flexibility index (Phi) is 8.94. The van der Waals surface area contributed by atoms with E-state index >= 15 is 0 Å². The van der Waals surface area contributed by atoms with Gasteiger partial charge in [-0.3, -0.25) is 24.1 Å². The molecule has 2 amide bonds. The monoisotopic (exact) mass is 775 g/mol. The lowest BCUT2D eigenvalue weighted by molar-refractivity contribution is -0.274. The number of phenols is 1. The van der Waals surface area contributed by atoms with Gasteiger partial charge in [0.25, 0.3) is 0 Å². The number of fused-ring (bicyclic) bond motifs is 3. The number of nitrogens with zero attached hydrogens (tertiary/aromatic N) is 1. The van der Waals surface area contributed by atoms with E-state index < -0.39 is 64.9 Å². The van der Waals surface area contributed by atoms with Crippen molar-refractivity contribution in [3.05, 3.63) is 111 Å². The number of amides is 2. The maximum atomic E-state index is 14.3. The highest BCUT2D eigenvalue weighted by atomic mass is 79.9. The maximum absolute atomic E-state index is 14.3. The fourth-order valence-electron chi connectivity index (χ4n) is 7.67. The Labute approximate surface area is 303 Å². The highest BCUT2D eigenvalue weighted by Gasteiger charge is 2.57. The first-order valence-electron chi connectivity index (χ1n) is 16.2. The molecule has 7 rings (SSSR count). The third-order valence-corrected chi connectivity index (χ3v) is 10.5. The van der Waals surface area contributed by atoms with E-state index in [1.165, 1.54) is 0 Å². The van der Waals surface area contributed by atoms with Gasteiger partial charge in [0.15, 0.2) is 11.6 Å². The summed E-state index contributed by atoms with van der Waals surface area (Å²) in [5.41, 5.74) is 2.33. The van der Waals surface area contributed by atoms with Crippen LogP contribution in [0.1, 0.15) is 35.4 Å². The standard InChI is InChI=1S/C39H29BrF3NO8/c1-50-22-10-14-32(51-2)20(15-22)6-3-19-4-7-21(8-5-19)44-37(48)25-12-11-24-26(34(25)38(44)49)17-28-35(31(46)18-29(40)36(28)47)33(24)27-16-23(9-13-30(27)45)52-39(41,42)43/h3-11,13-16,18,25-26,33-34,45H,12,17H2,1-2H3. The Hall–Kier alpha value is -5.43. The van der Waals surface area contributed by atoms with Crippen molar-refractivity contribution in [2.24, 2.45) is 17.8 Å². The first-order chi connectivity index (χ1) is 24.8. The van der Waals surface area contributed by atoms with Gasteiger partial charge in [0.2, 0.25) is 11.8 Å². The van der Waals surface area contributed by atoms with Crippen molar-refractivity contribution in [2.45, 2.75) is 25.1 Å². The molecule has 4 aliphatic rings. The summed E-state index contributed by atoms with van der Waals surface area (Å²) in [7, 11) is 3.13. The van der Waals surface area contributed by atoms with E-state index in [9.17, 15) is 37.5 Å². The summed E-state index contributed by atoms with van der Waals surface area (Å²) in [6.45, 7) is 0. The molecular weight excluding hydrogens is 747 g/mol. The number of phenolic OH excluding ortho intramolecular Hbond substituents is 1. The number of rotatable bonds is 7. The number of carbonyl (C=O) groups is 4. The van der Waals surface area contributed by atoms with Gasteiger partial charge >= 0.3 is 6.36 Å². The minimum atomic E-state index is -5.03. The molecule has 3 aromatic carbocycles. The summed E-state index contributed by atoms with van der Waals surface area (Å²) in [6.07, 6.45) is 1.49. The third kappa shape index (κ3) is 6.12. The number of benzene rings is 3. The van der Waals surface area contributed by atoms with Crippen molar-refractivity contribution in [3.8, 4) is 23.0 Å². The van der Waals surface area contributed by atoms with Gasteiger partial charge in [-0.05, 0) is 88.8 Å². The molecule has 9 nitrogen and oxygen atoms in total. The van der Waals surface area contributed by atoms with E-state index in [1.807, 2.05) is 18.2 Å². The number of Topliss-reactive ketones (excluding diaryl/α,β-unsaturated/α-hetero) is 1. The normalized spacial score (nSPS) is 22.9. The van der Waals surface area contributed by atoms with Crippen LogP contribution in [0.25, 0.3) is 12.2 Å². The summed E-state index contributed by atoms with van der Waals surface area (Å²) in [5.74, 6) is -5.45. The Morgan fingerprint density at radius 2 is 1.62 bits per heavy atom. The Balaban J connectivity index is 1.22. The Bertz CT molecular complexity index is 2170. The number of ether oxygens (including phenoxy) is 3. The second-order valence-corrected chi connectivity index (χ2v) is 13.6. The molecular formula is C39H29BrF3NO8. The number of halogens is 4. The molecule has 3 aliphatic carbocycles. The molecule has 1 fully saturated rings. The third-order valence-electron chi connectivity index (χ3n) is 9.92. The number of methoxy groups -OCH3 is 2. The molecule has 1 aliphatic heterocycles. The van der Waals surface area contributed by atoms with E-state index in [2.05, 4.69) is 20.7 Å². The fraction of sp³-hybridized carbons (Fsp3) is 0.231. The van der Waals surface area contributed by atoms with Gasteiger partial charge in [0.05, 0.1) is 36.2 Å². The van der Waals surface area contributed by atoms with Gasteiger partial charge in [-0.25, -0.2) is 0 Å². The van der Waals surface area contributed by atoms with Gasteiger partial charge in [-0.15, -0.1) is 13.2 Å². The lowest BCUT2D eigenvalue weighted by atomic mass is 9.59. The van der Waals surface area contributed by atoms with Crippen LogP contribution in [0.15, 0.2) is 94.0 Å². The zero-order valence-corrected chi connectivity index (χ0v) is 29.2. The van der Waals surface area contributed by atoms with Crippen LogP contribution < -0.4 is 19.1 Å². The second kappa shape index (κ2) is 13.3. The largest absolute Gasteiger partial charge is 0.573 e. The Morgan fingerprint density at radius 3 is 2.31 bits per heavy atom. The summed E-state index contributed by atoms with van der Waals surface area (Å²) < 4.78 is 54.4. The molecule has 1 heterocycles. The van der Waals surface area contributed by atoms with Gasteiger partial charge in [0, 0.05) is 34.3 Å².